The van der Waals surface area contributed by atoms with Crippen molar-refractivity contribution < 1.29 is 33.6 Å². The Balaban J connectivity index is 2.00. The maximum Gasteiger partial charge on any atom is 0.301 e. The molecule has 1 amide bonds. The van der Waals surface area contributed by atoms with E-state index in [-0.39, 0.29) is 11.3 Å². The van der Waals surface area contributed by atoms with Gasteiger partial charge in [0.15, 0.2) is 16.6 Å². The fourth-order valence-electron chi connectivity index (χ4n) is 3.87. The van der Waals surface area contributed by atoms with Crippen molar-refractivity contribution >= 4 is 33.9 Å². The number of ketones is 1. The van der Waals surface area contributed by atoms with Crippen LogP contribution in [0.1, 0.15) is 17.2 Å². The van der Waals surface area contributed by atoms with Gasteiger partial charge >= 0.3 is 5.91 Å². The Hall–Kier alpha value is -4.05. The number of nitrogens with zero attached hydrogens (tertiary/aromatic N) is 2. The molecule has 2 aromatic carbocycles. The number of Topliss-reactive ketones (excluding diaryl/α,β-unsaturated/α-hetero) is 1. The average Bonchev–Trinajstić information content (AvgIpc) is 3.49. The molecule has 0 bridgehead atoms. The molecule has 0 radical (unpaired) electrons. The third-order valence-electron chi connectivity index (χ3n) is 5.42. The number of amides is 1. The fraction of sp³-hybridized carbons (Fsp3) is 0.208. The number of aliphatic hydroxyl groups excluding tert-OH is 1. The molecule has 10 heteroatoms. The molecule has 1 unspecified atom stereocenters. The van der Waals surface area contributed by atoms with Gasteiger partial charge in [0.1, 0.15) is 11.5 Å². The molecule has 0 aliphatic carbocycles. The molecule has 1 N–H and O–H groups in total. The van der Waals surface area contributed by atoms with Crippen LogP contribution in [0, 0.1) is 0 Å². The highest BCUT2D eigenvalue weighted by molar-refractivity contribution is 7.14. The number of carbonyl (C=O) groups excluding carboxylic acids is 2. The molecule has 1 saturated heterocycles. The number of aliphatic hydroxyl groups is 1. The van der Waals surface area contributed by atoms with E-state index >= 15 is 0 Å². The van der Waals surface area contributed by atoms with Gasteiger partial charge in [0.25, 0.3) is 5.78 Å². The summed E-state index contributed by atoms with van der Waals surface area (Å²) >= 11 is 1.20. The Kier molecular flexibility index (Phi) is 6.42. The van der Waals surface area contributed by atoms with Crippen molar-refractivity contribution in [2.45, 2.75) is 6.04 Å². The number of benzene rings is 2. The van der Waals surface area contributed by atoms with E-state index in [1.807, 2.05) is 0 Å². The molecule has 2 heterocycles. The largest absolute Gasteiger partial charge is 0.507 e. The van der Waals surface area contributed by atoms with Crippen LogP contribution >= 0.6 is 11.3 Å². The molecule has 1 aliphatic rings. The van der Waals surface area contributed by atoms with E-state index in [0.29, 0.717) is 39.3 Å². The average molecular weight is 483 g/mol. The smallest absolute Gasteiger partial charge is 0.301 e. The second-order valence-corrected chi connectivity index (χ2v) is 8.05. The molecule has 3 aromatic rings. The number of anilines is 1. The molecule has 1 aliphatic heterocycles. The van der Waals surface area contributed by atoms with Crippen molar-refractivity contribution in [3.8, 4) is 23.0 Å². The van der Waals surface area contributed by atoms with Gasteiger partial charge in [-0.3, -0.25) is 14.5 Å². The minimum absolute atomic E-state index is 0.0947. The third kappa shape index (κ3) is 3.81. The zero-order valence-electron chi connectivity index (χ0n) is 18.9. The highest BCUT2D eigenvalue weighted by atomic mass is 32.1. The van der Waals surface area contributed by atoms with Crippen LogP contribution in [0.25, 0.3) is 5.76 Å². The summed E-state index contributed by atoms with van der Waals surface area (Å²) in [6, 6.07) is 8.88. The Morgan fingerprint density at radius 1 is 1.00 bits per heavy atom. The summed E-state index contributed by atoms with van der Waals surface area (Å²) in [6.07, 6.45) is 1.54. The first-order chi connectivity index (χ1) is 16.4. The highest BCUT2D eigenvalue weighted by Gasteiger charge is 2.48. The van der Waals surface area contributed by atoms with Crippen LogP contribution in [0.3, 0.4) is 0 Å². The number of ether oxygens (including phenoxy) is 4. The molecule has 1 aromatic heterocycles. The summed E-state index contributed by atoms with van der Waals surface area (Å²) in [5.74, 6) is -0.469. The van der Waals surface area contributed by atoms with Crippen molar-refractivity contribution in [1.29, 1.82) is 0 Å². The predicted molar refractivity (Wildman–Crippen MR) is 126 cm³/mol. The number of aromatic nitrogens is 1. The van der Waals surface area contributed by atoms with Gasteiger partial charge in [-0.15, -0.1) is 11.3 Å². The fourth-order valence-corrected chi connectivity index (χ4v) is 4.53. The molecule has 0 spiro atoms. The standard InChI is InChI=1S/C24H22N2O7S/c1-30-15-7-5-6-13(10-15)20(27)18-19(26(23(29)21(18)28)24-25-8-9-34-24)14-11-16(31-2)22(33-4)17(12-14)32-3/h5-12,19,27H,1-4H3. The van der Waals surface area contributed by atoms with E-state index < -0.39 is 17.7 Å². The third-order valence-corrected chi connectivity index (χ3v) is 6.19. The van der Waals surface area contributed by atoms with E-state index in [9.17, 15) is 14.7 Å². The molecule has 34 heavy (non-hydrogen) atoms. The Morgan fingerprint density at radius 3 is 2.26 bits per heavy atom. The Bertz CT molecular complexity index is 1250. The Morgan fingerprint density at radius 2 is 1.71 bits per heavy atom. The maximum atomic E-state index is 13.2. The predicted octanol–water partition coefficient (Wildman–Crippen LogP) is 3.80. The van der Waals surface area contributed by atoms with Crippen LogP contribution in [0.15, 0.2) is 53.5 Å². The Labute approximate surface area is 199 Å². The quantitative estimate of drug-likeness (QED) is 0.308. The van der Waals surface area contributed by atoms with Gasteiger partial charge in [0, 0.05) is 17.1 Å². The highest BCUT2D eigenvalue weighted by Crippen LogP contribution is 2.47. The number of thiazole rings is 1. The molecule has 176 valence electrons. The van der Waals surface area contributed by atoms with E-state index in [1.165, 1.54) is 50.9 Å². The lowest BCUT2D eigenvalue weighted by Crippen LogP contribution is -2.29. The lowest BCUT2D eigenvalue weighted by Gasteiger charge is -2.24. The zero-order valence-corrected chi connectivity index (χ0v) is 19.7. The second kappa shape index (κ2) is 9.44. The van der Waals surface area contributed by atoms with Crippen molar-refractivity contribution in [2.75, 3.05) is 33.3 Å². The van der Waals surface area contributed by atoms with E-state index in [0.717, 1.165) is 0 Å². The van der Waals surface area contributed by atoms with Crippen LogP contribution in [-0.2, 0) is 9.59 Å². The normalized spacial score (nSPS) is 17.1. The van der Waals surface area contributed by atoms with Gasteiger partial charge in [-0.2, -0.15) is 0 Å². The molecular formula is C24H22N2O7S. The van der Waals surface area contributed by atoms with Gasteiger partial charge in [-0.1, -0.05) is 12.1 Å². The van der Waals surface area contributed by atoms with Crippen LogP contribution < -0.4 is 23.8 Å². The first kappa shape index (κ1) is 23.1. The summed E-state index contributed by atoms with van der Waals surface area (Å²) in [5.41, 5.74) is 0.699. The molecule has 0 saturated carbocycles. The monoisotopic (exact) mass is 482 g/mol. The number of methoxy groups -OCH3 is 4. The van der Waals surface area contributed by atoms with Crippen molar-refractivity contribution in [1.82, 2.24) is 4.98 Å². The van der Waals surface area contributed by atoms with Gasteiger partial charge < -0.3 is 24.1 Å². The first-order valence-corrected chi connectivity index (χ1v) is 11.0. The summed E-state index contributed by atoms with van der Waals surface area (Å²) in [4.78, 5) is 31.9. The van der Waals surface area contributed by atoms with E-state index in [2.05, 4.69) is 4.98 Å². The summed E-state index contributed by atoms with van der Waals surface area (Å²) in [7, 11) is 5.91. The molecular weight excluding hydrogens is 460 g/mol. The van der Waals surface area contributed by atoms with Gasteiger partial charge in [0.05, 0.1) is 40.1 Å². The number of hydrogen-bond donors (Lipinski definition) is 1. The van der Waals surface area contributed by atoms with Crippen LogP contribution in [0.4, 0.5) is 5.13 Å². The minimum atomic E-state index is -0.994. The number of rotatable bonds is 7. The SMILES string of the molecule is COc1cccc(C(O)=C2C(=O)C(=O)N(c3nccs3)C2c2cc(OC)c(OC)c(OC)c2)c1. The summed E-state index contributed by atoms with van der Waals surface area (Å²) < 4.78 is 21.6. The first-order valence-electron chi connectivity index (χ1n) is 10.1. The van der Waals surface area contributed by atoms with Crippen LogP contribution in [0.2, 0.25) is 0 Å². The summed E-state index contributed by atoms with van der Waals surface area (Å²) in [5, 5.41) is 13.3. The lowest BCUT2D eigenvalue weighted by atomic mass is 9.94. The van der Waals surface area contributed by atoms with Crippen LogP contribution in [-0.4, -0.2) is 50.2 Å². The topological polar surface area (TPSA) is 107 Å². The molecule has 1 fully saturated rings. The van der Waals surface area contributed by atoms with Gasteiger partial charge in [0.2, 0.25) is 5.75 Å². The van der Waals surface area contributed by atoms with Crippen LogP contribution in [0.5, 0.6) is 23.0 Å². The minimum Gasteiger partial charge on any atom is -0.507 e. The van der Waals surface area contributed by atoms with E-state index in [1.54, 1.807) is 41.8 Å². The summed E-state index contributed by atoms with van der Waals surface area (Å²) in [6.45, 7) is 0. The number of hydrogen-bond acceptors (Lipinski definition) is 9. The molecule has 1 atom stereocenters. The maximum absolute atomic E-state index is 13.2. The second-order valence-electron chi connectivity index (χ2n) is 7.17. The van der Waals surface area contributed by atoms with Gasteiger partial charge in [-0.25, -0.2) is 4.98 Å². The number of carbonyl (C=O) groups is 2. The van der Waals surface area contributed by atoms with E-state index in [4.69, 9.17) is 18.9 Å². The molecule has 4 rings (SSSR count). The zero-order chi connectivity index (χ0) is 24.4. The van der Waals surface area contributed by atoms with Crippen molar-refractivity contribution in [2.24, 2.45) is 0 Å². The molecule has 9 nitrogen and oxygen atoms in total. The lowest BCUT2D eigenvalue weighted by molar-refractivity contribution is -0.132. The van der Waals surface area contributed by atoms with Crippen molar-refractivity contribution in [3.05, 3.63) is 64.7 Å². The van der Waals surface area contributed by atoms with Crippen molar-refractivity contribution in [3.63, 3.8) is 0 Å². The van der Waals surface area contributed by atoms with Gasteiger partial charge in [-0.05, 0) is 29.8 Å².